The molecular weight excluding hydrogens is 343 g/mol. The van der Waals surface area contributed by atoms with Crippen LogP contribution in [-0.2, 0) is 12.8 Å². The molecule has 0 bridgehead atoms. The lowest BCUT2D eigenvalue weighted by molar-refractivity contribution is 0.0939. The van der Waals surface area contributed by atoms with E-state index in [1.54, 1.807) is 10.7 Å². The van der Waals surface area contributed by atoms with E-state index in [0.29, 0.717) is 17.9 Å². The van der Waals surface area contributed by atoms with Crippen LogP contribution in [-0.4, -0.2) is 27.8 Å². The molecule has 136 valence electrons. The van der Waals surface area contributed by atoms with Gasteiger partial charge in [0.25, 0.3) is 5.91 Å². The average molecular weight is 367 g/mol. The smallest absolute Gasteiger partial charge is 0.272 e. The van der Waals surface area contributed by atoms with Gasteiger partial charge in [0.2, 0.25) is 0 Å². The van der Waals surface area contributed by atoms with Crippen LogP contribution in [0.4, 0.5) is 4.39 Å². The Bertz CT molecular complexity index is 795. The second-order valence-electron chi connectivity index (χ2n) is 7.17. The van der Waals surface area contributed by atoms with Crippen LogP contribution in [0.5, 0.6) is 0 Å². The number of carbonyl (C=O) groups is 1. The second-order valence-corrected chi connectivity index (χ2v) is 7.17. The van der Waals surface area contributed by atoms with Gasteiger partial charge in [-0.2, -0.15) is 5.10 Å². The molecule has 3 rings (SSSR count). The normalized spacial score (nSPS) is 13.3. The number of aryl methyl sites for hydroxylation is 1. The highest BCUT2D eigenvalue weighted by Crippen LogP contribution is 2.29. The number of hydrogen-bond donors (Lipinski definition) is 2. The number of carbonyl (C=O) groups excluding carboxylic acids is 1. The van der Waals surface area contributed by atoms with Crippen molar-refractivity contribution >= 4 is 18.3 Å². The van der Waals surface area contributed by atoms with Crippen LogP contribution in [0.3, 0.4) is 0 Å². The zero-order valence-corrected chi connectivity index (χ0v) is 15.5. The van der Waals surface area contributed by atoms with Gasteiger partial charge in [-0.3, -0.25) is 4.79 Å². The number of aromatic nitrogens is 2. The van der Waals surface area contributed by atoms with E-state index >= 15 is 0 Å². The predicted octanol–water partition coefficient (Wildman–Crippen LogP) is 2.70. The van der Waals surface area contributed by atoms with Gasteiger partial charge < -0.3 is 11.1 Å². The van der Waals surface area contributed by atoms with Gasteiger partial charge in [0, 0.05) is 23.3 Å². The van der Waals surface area contributed by atoms with Gasteiger partial charge in [-0.25, -0.2) is 9.07 Å². The number of amides is 1. The topological polar surface area (TPSA) is 72.9 Å². The molecule has 0 saturated heterocycles. The Kier molecular flexibility index (Phi) is 5.54. The van der Waals surface area contributed by atoms with Crippen molar-refractivity contribution < 1.29 is 9.18 Å². The number of halogens is 2. The van der Waals surface area contributed by atoms with Crippen LogP contribution in [0.15, 0.2) is 18.2 Å². The minimum absolute atomic E-state index is 0. The molecule has 0 aliphatic heterocycles. The molecule has 25 heavy (non-hydrogen) atoms. The Morgan fingerprint density at radius 1 is 1.40 bits per heavy atom. The molecule has 0 saturated carbocycles. The fourth-order valence-electron chi connectivity index (χ4n) is 2.99. The van der Waals surface area contributed by atoms with E-state index in [0.717, 1.165) is 36.1 Å². The molecular formula is C18H24ClFN4O. The van der Waals surface area contributed by atoms with E-state index in [9.17, 15) is 9.18 Å². The van der Waals surface area contributed by atoms with Gasteiger partial charge in [0.1, 0.15) is 11.5 Å². The maximum atomic E-state index is 14.3. The summed E-state index contributed by atoms with van der Waals surface area (Å²) in [4.78, 5) is 12.5. The van der Waals surface area contributed by atoms with Crippen LogP contribution in [0.1, 0.15) is 47.6 Å². The summed E-state index contributed by atoms with van der Waals surface area (Å²) in [6.45, 7) is 5.89. The molecule has 5 nitrogen and oxygen atoms in total. The first-order chi connectivity index (χ1) is 11.3. The number of nitrogens with one attached hydrogen (secondary N) is 1. The van der Waals surface area contributed by atoms with Gasteiger partial charge >= 0.3 is 0 Å². The molecule has 1 aromatic heterocycles. The Hall–Kier alpha value is -1.92. The molecule has 0 unspecified atom stereocenters. The van der Waals surface area contributed by atoms with E-state index in [2.05, 4.69) is 10.4 Å². The maximum absolute atomic E-state index is 14.3. The van der Waals surface area contributed by atoms with Gasteiger partial charge in [-0.05, 0) is 57.7 Å². The van der Waals surface area contributed by atoms with Crippen LogP contribution in [0.2, 0.25) is 0 Å². The summed E-state index contributed by atoms with van der Waals surface area (Å²) < 4.78 is 15.9. The first kappa shape index (κ1) is 19.4. The Balaban J connectivity index is 0.00000225. The number of hydrogen-bond acceptors (Lipinski definition) is 3. The number of benzene rings is 1. The van der Waals surface area contributed by atoms with Crippen LogP contribution >= 0.6 is 12.4 Å². The summed E-state index contributed by atoms with van der Waals surface area (Å²) in [5, 5.41) is 7.24. The van der Waals surface area contributed by atoms with E-state index < -0.39 is 5.54 Å². The zero-order valence-electron chi connectivity index (χ0n) is 14.7. The highest BCUT2D eigenvalue weighted by Gasteiger charge is 2.28. The first-order valence-electron chi connectivity index (χ1n) is 8.20. The highest BCUT2D eigenvalue weighted by molar-refractivity contribution is 5.94. The van der Waals surface area contributed by atoms with Crippen molar-refractivity contribution in [1.29, 1.82) is 0 Å². The van der Waals surface area contributed by atoms with Crippen molar-refractivity contribution in [3.8, 4) is 5.69 Å². The van der Waals surface area contributed by atoms with E-state index in [1.807, 2.05) is 26.8 Å². The van der Waals surface area contributed by atoms with E-state index in [1.165, 1.54) is 6.07 Å². The van der Waals surface area contributed by atoms with Crippen molar-refractivity contribution in [3.05, 3.63) is 46.5 Å². The Morgan fingerprint density at radius 2 is 2.12 bits per heavy atom. The number of rotatable bonds is 4. The third-order valence-corrected chi connectivity index (χ3v) is 4.18. The molecule has 1 amide bonds. The summed E-state index contributed by atoms with van der Waals surface area (Å²) in [5.74, 6) is -0.583. The monoisotopic (exact) mass is 366 g/mol. The Morgan fingerprint density at radius 3 is 2.76 bits per heavy atom. The molecule has 0 fully saturated rings. The molecule has 0 radical (unpaired) electrons. The summed E-state index contributed by atoms with van der Waals surface area (Å²) in [6, 6.07) is 5.04. The molecule has 7 heteroatoms. The third-order valence-electron chi connectivity index (χ3n) is 4.18. The predicted molar refractivity (Wildman–Crippen MR) is 98.1 cm³/mol. The molecule has 1 aromatic carbocycles. The number of nitrogens with zero attached hydrogens (tertiary/aromatic N) is 2. The number of nitrogens with two attached hydrogens (primary N) is 1. The van der Waals surface area contributed by atoms with Gasteiger partial charge in [0.15, 0.2) is 5.69 Å². The van der Waals surface area contributed by atoms with Crippen molar-refractivity contribution in [2.45, 2.75) is 45.6 Å². The molecule has 0 atom stereocenters. The van der Waals surface area contributed by atoms with Crippen LogP contribution in [0, 0.1) is 12.7 Å². The van der Waals surface area contributed by atoms with Crippen molar-refractivity contribution in [2.75, 3.05) is 6.54 Å². The van der Waals surface area contributed by atoms with E-state index in [4.69, 9.17) is 5.73 Å². The minimum Gasteiger partial charge on any atom is -0.349 e. The lowest BCUT2D eigenvalue weighted by atomic mass is 10.1. The molecule has 0 spiro atoms. The second kappa shape index (κ2) is 7.14. The number of fused-ring (bicyclic) bond motifs is 1. The fraction of sp³-hybridized carbons (Fsp3) is 0.444. The quantitative estimate of drug-likeness (QED) is 0.873. The zero-order chi connectivity index (χ0) is 17.5. The Labute approximate surface area is 153 Å². The standard InChI is InChI=1S/C18H23FN4O.ClH/c1-11-7-8-15(13(19)9-11)23-14-6-4-5-12(14)16(22-23)17(24)21-10-18(2,3)20;/h7-9H,4-6,10,20H2,1-3H3,(H,21,24);1H. The summed E-state index contributed by atoms with van der Waals surface area (Å²) in [6.07, 6.45) is 2.53. The molecule has 3 N–H and O–H groups in total. The summed E-state index contributed by atoms with van der Waals surface area (Å²) in [5.41, 5.74) is 8.88. The molecule has 1 aliphatic rings. The van der Waals surface area contributed by atoms with Crippen molar-refractivity contribution in [2.24, 2.45) is 5.73 Å². The summed E-state index contributed by atoms with van der Waals surface area (Å²) >= 11 is 0. The largest absolute Gasteiger partial charge is 0.349 e. The maximum Gasteiger partial charge on any atom is 0.272 e. The lowest BCUT2D eigenvalue weighted by Gasteiger charge is -2.18. The molecule has 2 aromatic rings. The lowest BCUT2D eigenvalue weighted by Crippen LogP contribution is -2.45. The van der Waals surface area contributed by atoms with Crippen molar-refractivity contribution in [1.82, 2.24) is 15.1 Å². The highest BCUT2D eigenvalue weighted by atomic mass is 35.5. The minimum atomic E-state index is -0.496. The van der Waals surface area contributed by atoms with Crippen LogP contribution in [0.25, 0.3) is 5.69 Å². The van der Waals surface area contributed by atoms with Gasteiger partial charge in [-0.15, -0.1) is 12.4 Å². The SMILES string of the molecule is Cc1ccc(-n2nc(C(=O)NCC(C)(C)N)c3c2CCC3)c(F)c1.Cl. The van der Waals surface area contributed by atoms with Crippen molar-refractivity contribution in [3.63, 3.8) is 0 Å². The van der Waals surface area contributed by atoms with Crippen LogP contribution < -0.4 is 11.1 Å². The van der Waals surface area contributed by atoms with Gasteiger partial charge in [0.05, 0.1) is 0 Å². The molecule has 1 aliphatic carbocycles. The fourth-order valence-corrected chi connectivity index (χ4v) is 2.99. The van der Waals surface area contributed by atoms with Gasteiger partial charge in [-0.1, -0.05) is 6.07 Å². The average Bonchev–Trinajstić information content (AvgIpc) is 3.06. The molecule has 1 heterocycles. The first-order valence-corrected chi connectivity index (χ1v) is 8.20. The third kappa shape index (κ3) is 4.02. The van der Waals surface area contributed by atoms with E-state index in [-0.39, 0.29) is 24.1 Å². The summed E-state index contributed by atoms with van der Waals surface area (Å²) in [7, 11) is 0.